The Labute approximate surface area is 85.0 Å². The lowest BCUT2D eigenvalue weighted by Gasteiger charge is -2.41. The maximum absolute atomic E-state index is 11.7. The molecule has 0 spiro atoms. The van der Waals surface area contributed by atoms with Gasteiger partial charge in [-0.15, -0.1) is 0 Å². The highest BCUT2D eigenvalue weighted by Crippen LogP contribution is 2.24. The number of hydrogen-bond donors (Lipinski definition) is 1. The number of piperidine rings is 1. The predicted molar refractivity (Wildman–Crippen MR) is 55.5 cm³/mol. The van der Waals surface area contributed by atoms with E-state index < -0.39 is 20.2 Å². The number of aliphatic carboxylic acids is 1. The summed E-state index contributed by atoms with van der Waals surface area (Å²) < 4.78 is 1.64. The van der Waals surface area contributed by atoms with Crippen molar-refractivity contribution in [3.8, 4) is 0 Å². The first-order valence-corrected chi connectivity index (χ1v) is 8.33. The van der Waals surface area contributed by atoms with Crippen molar-refractivity contribution in [3.63, 3.8) is 0 Å². The molecule has 1 saturated heterocycles. The summed E-state index contributed by atoms with van der Waals surface area (Å²) in [6, 6.07) is -0.581. The van der Waals surface area contributed by atoms with E-state index >= 15 is 0 Å². The molecule has 0 saturated carbocycles. The molecule has 0 aromatic rings. The molecule has 1 heterocycles. The predicted octanol–water partition coefficient (Wildman–Crippen LogP) is 1.29. The molecule has 1 N–H and O–H groups in total. The molecule has 4 nitrogen and oxygen atoms in total. The largest absolute Gasteiger partial charge is 0.480 e. The fourth-order valence-electron chi connectivity index (χ4n) is 1.95. The third-order valence-corrected chi connectivity index (χ3v) is 4.46. The average molecular weight is 215 g/mol. The van der Waals surface area contributed by atoms with E-state index in [1.54, 1.807) is 4.57 Å². The number of carbonyl (C=O) groups is 2. The highest BCUT2D eigenvalue weighted by molar-refractivity contribution is 6.75. The van der Waals surface area contributed by atoms with Crippen LogP contribution in [-0.4, -0.2) is 35.8 Å². The normalized spacial score (nSPS) is 23.8. The molecule has 1 atom stereocenters. The van der Waals surface area contributed by atoms with Gasteiger partial charge in [0.15, 0.2) is 8.24 Å². The Bertz CT molecular complexity index is 259. The lowest BCUT2D eigenvalue weighted by atomic mass is 10.0. The summed E-state index contributed by atoms with van der Waals surface area (Å²) in [5.74, 6) is -0.844. The third kappa shape index (κ3) is 2.15. The van der Waals surface area contributed by atoms with E-state index in [1.807, 2.05) is 19.6 Å². The van der Waals surface area contributed by atoms with Gasteiger partial charge < -0.3 is 9.67 Å². The van der Waals surface area contributed by atoms with Gasteiger partial charge in [-0.3, -0.25) is 9.59 Å². The number of amides is 1. The molecule has 0 radical (unpaired) electrons. The number of carbonyl (C=O) groups excluding carboxylic acids is 1. The molecule has 0 unspecified atom stereocenters. The smallest absolute Gasteiger partial charge is 0.325 e. The summed E-state index contributed by atoms with van der Waals surface area (Å²) in [6.45, 7) is 6.02. The van der Waals surface area contributed by atoms with Gasteiger partial charge in [0.1, 0.15) is 6.04 Å². The maximum Gasteiger partial charge on any atom is 0.325 e. The molecule has 0 aromatic heterocycles. The number of carboxylic acid groups (broad SMARTS) is 1. The van der Waals surface area contributed by atoms with Crippen LogP contribution in [0.15, 0.2) is 0 Å². The fourth-order valence-corrected chi connectivity index (χ4v) is 3.98. The van der Waals surface area contributed by atoms with E-state index in [4.69, 9.17) is 5.11 Å². The molecule has 1 aliphatic heterocycles. The Hall–Kier alpha value is -0.843. The quantitative estimate of drug-likeness (QED) is 0.706. The van der Waals surface area contributed by atoms with Gasteiger partial charge in [-0.1, -0.05) is 19.6 Å². The molecule has 1 fully saturated rings. The Morgan fingerprint density at radius 2 is 2.07 bits per heavy atom. The molecule has 0 aromatic carbocycles. The van der Waals surface area contributed by atoms with Crippen LogP contribution in [-0.2, 0) is 9.59 Å². The molecule has 0 bridgehead atoms. The van der Waals surface area contributed by atoms with Crippen LogP contribution in [0.2, 0.25) is 19.6 Å². The topological polar surface area (TPSA) is 57.6 Å². The molecule has 14 heavy (non-hydrogen) atoms. The van der Waals surface area contributed by atoms with Crippen LogP contribution in [0.5, 0.6) is 0 Å². The van der Waals surface area contributed by atoms with Gasteiger partial charge in [0.2, 0.25) is 5.91 Å². The SMILES string of the molecule is C[Si](C)(C)N1C(=O)CCC[C@@H]1C(=O)O. The van der Waals surface area contributed by atoms with Crippen LogP contribution < -0.4 is 0 Å². The first-order chi connectivity index (χ1) is 6.34. The number of nitrogens with zero attached hydrogens (tertiary/aromatic N) is 1. The van der Waals surface area contributed by atoms with Gasteiger partial charge >= 0.3 is 5.97 Å². The van der Waals surface area contributed by atoms with Crippen molar-refractivity contribution in [2.45, 2.75) is 44.9 Å². The zero-order valence-electron chi connectivity index (χ0n) is 8.91. The second-order valence-corrected chi connectivity index (χ2v) is 9.50. The van der Waals surface area contributed by atoms with Gasteiger partial charge in [-0.05, 0) is 12.8 Å². The Kier molecular flexibility index (Phi) is 2.99. The van der Waals surface area contributed by atoms with E-state index in [2.05, 4.69) is 0 Å². The van der Waals surface area contributed by atoms with Gasteiger partial charge in [-0.2, -0.15) is 0 Å². The van der Waals surface area contributed by atoms with E-state index in [9.17, 15) is 9.59 Å². The summed E-state index contributed by atoms with van der Waals surface area (Å²) in [6.07, 6.45) is 1.82. The summed E-state index contributed by atoms with van der Waals surface area (Å²) in [5.41, 5.74) is 0. The summed E-state index contributed by atoms with van der Waals surface area (Å²) in [5, 5.41) is 9.02. The van der Waals surface area contributed by atoms with E-state index in [1.165, 1.54) is 0 Å². The molecule has 1 amide bonds. The number of hydrogen-bond acceptors (Lipinski definition) is 2. The standard InChI is InChI=1S/C9H17NO3Si/c1-14(2,3)10-7(9(12)13)5-4-6-8(10)11/h7H,4-6H2,1-3H3,(H,12,13)/t7-/m1/s1. The summed E-state index contributed by atoms with van der Waals surface area (Å²) >= 11 is 0. The Balaban J connectivity index is 2.93. The molecule has 1 rings (SSSR count). The second kappa shape index (κ2) is 3.72. The van der Waals surface area contributed by atoms with Crippen LogP contribution in [0, 0.1) is 0 Å². The van der Waals surface area contributed by atoms with Crippen molar-refractivity contribution in [1.82, 2.24) is 4.57 Å². The van der Waals surface area contributed by atoms with Gasteiger partial charge in [0.05, 0.1) is 0 Å². The van der Waals surface area contributed by atoms with E-state index in [0.29, 0.717) is 19.3 Å². The van der Waals surface area contributed by atoms with Crippen LogP contribution in [0.1, 0.15) is 19.3 Å². The van der Waals surface area contributed by atoms with Gasteiger partial charge in [0, 0.05) is 6.42 Å². The van der Waals surface area contributed by atoms with Gasteiger partial charge in [-0.25, -0.2) is 0 Å². The van der Waals surface area contributed by atoms with Gasteiger partial charge in [0.25, 0.3) is 0 Å². The van der Waals surface area contributed by atoms with Crippen LogP contribution >= 0.6 is 0 Å². The molecular formula is C9H17NO3Si. The van der Waals surface area contributed by atoms with Crippen LogP contribution in [0.3, 0.4) is 0 Å². The zero-order chi connectivity index (χ0) is 10.9. The fraction of sp³-hybridized carbons (Fsp3) is 0.778. The zero-order valence-corrected chi connectivity index (χ0v) is 9.91. The molecule has 0 aliphatic carbocycles. The van der Waals surface area contributed by atoms with E-state index in [0.717, 1.165) is 0 Å². The van der Waals surface area contributed by atoms with Crippen molar-refractivity contribution in [3.05, 3.63) is 0 Å². The van der Waals surface area contributed by atoms with Crippen LogP contribution in [0.4, 0.5) is 0 Å². The minimum Gasteiger partial charge on any atom is -0.480 e. The van der Waals surface area contributed by atoms with E-state index in [-0.39, 0.29) is 5.91 Å². The average Bonchev–Trinajstić information content (AvgIpc) is 2.01. The number of rotatable bonds is 2. The molecule has 80 valence electrons. The first kappa shape index (κ1) is 11.2. The van der Waals surface area contributed by atoms with Crippen molar-refractivity contribution < 1.29 is 14.7 Å². The van der Waals surface area contributed by atoms with Crippen molar-refractivity contribution in [2.24, 2.45) is 0 Å². The lowest BCUT2D eigenvalue weighted by Crippen LogP contribution is -2.59. The first-order valence-electron chi connectivity index (χ1n) is 4.89. The second-order valence-electron chi connectivity index (χ2n) is 4.68. The molecular weight excluding hydrogens is 198 g/mol. The Morgan fingerprint density at radius 1 is 1.50 bits per heavy atom. The third-order valence-electron chi connectivity index (χ3n) is 2.46. The minimum absolute atomic E-state index is 0.0165. The highest BCUT2D eigenvalue weighted by Gasteiger charge is 2.40. The Morgan fingerprint density at radius 3 is 2.43 bits per heavy atom. The van der Waals surface area contributed by atoms with Crippen molar-refractivity contribution >= 4 is 20.1 Å². The summed E-state index contributed by atoms with van der Waals surface area (Å²) in [7, 11) is -1.84. The molecule has 5 heteroatoms. The highest BCUT2D eigenvalue weighted by atomic mass is 28.3. The van der Waals surface area contributed by atoms with Crippen LogP contribution in [0.25, 0.3) is 0 Å². The van der Waals surface area contributed by atoms with Crippen molar-refractivity contribution in [1.29, 1.82) is 0 Å². The van der Waals surface area contributed by atoms with Crippen molar-refractivity contribution in [2.75, 3.05) is 0 Å². The number of carboxylic acids is 1. The summed E-state index contributed by atoms with van der Waals surface area (Å²) in [4.78, 5) is 22.6. The lowest BCUT2D eigenvalue weighted by molar-refractivity contribution is -0.148. The monoisotopic (exact) mass is 215 g/mol. The maximum atomic E-state index is 11.7. The molecule has 1 aliphatic rings. The minimum atomic E-state index is -1.84.